The molecule has 1 atom stereocenters. The Morgan fingerprint density at radius 3 is 2.32 bits per heavy atom. The van der Waals surface area contributed by atoms with Gasteiger partial charge in [0.1, 0.15) is 11.5 Å². The van der Waals surface area contributed by atoms with E-state index in [1.807, 2.05) is 25.1 Å². The molecule has 1 aromatic carbocycles. The van der Waals surface area contributed by atoms with Gasteiger partial charge in [-0.3, -0.25) is 0 Å². The Morgan fingerprint density at radius 2 is 1.75 bits per heavy atom. The van der Waals surface area contributed by atoms with Gasteiger partial charge in [0.25, 0.3) is 0 Å². The highest BCUT2D eigenvalue weighted by atomic mass is 28.4. The molecule has 0 spiro atoms. The van der Waals surface area contributed by atoms with Crippen LogP contribution in [0.1, 0.15) is 33.3 Å². The molecule has 1 aromatic rings. The Balaban J connectivity index is 2.16. The van der Waals surface area contributed by atoms with E-state index in [2.05, 4.69) is 53.5 Å². The molecule has 28 heavy (non-hydrogen) atoms. The summed E-state index contributed by atoms with van der Waals surface area (Å²) in [6, 6.07) is 7.06. The highest BCUT2D eigenvalue weighted by Gasteiger charge is 2.39. The minimum absolute atomic E-state index is 0.125. The van der Waals surface area contributed by atoms with E-state index in [0.717, 1.165) is 35.1 Å². The molecule has 1 aliphatic heterocycles. The van der Waals surface area contributed by atoms with Crippen LogP contribution in [0.15, 0.2) is 23.8 Å². The molecule has 1 aliphatic rings. The fourth-order valence-corrected chi connectivity index (χ4v) is 4.49. The third-order valence-corrected chi connectivity index (χ3v) is 11.9. The summed E-state index contributed by atoms with van der Waals surface area (Å²) in [7, 11) is -3.04. The fourth-order valence-electron chi connectivity index (χ4n) is 2.71. The Hall–Kier alpha value is -1.09. The third kappa shape index (κ3) is 5.72. The van der Waals surface area contributed by atoms with Crippen molar-refractivity contribution in [3.63, 3.8) is 0 Å². The zero-order chi connectivity index (χ0) is 21.3. The lowest BCUT2D eigenvalue weighted by atomic mass is 9.98. The van der Waals surface area contributed by atoms with E-state index in [-0.39, 0.29) is 5.04 Å². The van der Waals surface area contributed by atoms with Crippen molar-refractivity contribution in [2.24, 2.45) is 0 Å². The summed E-state index contributed by atoms with van der Waals surface area (Å²) >= 11 is 0. The number of hydrogen-bond donors (Lipinski definition) is 1. The summed E-state index contributed by atoms with van der Waals surface area (Å²) in [6.07, 6.45) is -0.970. The van der Waals surface area contributed by atoms with Crippen molar-refractivity contribution >= 4 is 22.0 Å². The Labute approximate surface area is 173 Å². The molecule has 1 heterocycles. The van der Waals surface area contributed by atoms with Crippen LogP contribution in [0.2, 0.25) is 43.8 Å². The first-order chi connectivity index (χ1) is 12.7. The lowest BCUT2D eigenvalue weighted by Gasteiger charge is -2.36. The van der Waals surface area contributed by atoms with Crippen molar-refractivity contribution in [1.82, 2.24) is 0 Å². The predicted molar refractivity (Wildman–Crippen MR) is 122 cm³/mol. The van der Waals surface area contributed by atoms with Gasteiger partial charge in [-0.25, -0.2) is 0 Å². The SMILES string of the molecule is CC1=C(COCC[Si](C)(C)C)C(O)Oc2cc(O[Si](C)(C)C(C)(C)C)ccc21. The van der Waals surface area contributed by atoms with Gasteiger partial charge in [-0.05, 0) is 48.8 Å². The molecule has 6 heteroatoms. The fraction of sp³-hybridized carbons (Fsp3) is 0.636. The van der Waals surface area contributed by atoms with E-state index in [1.165, 1.54) is 0 Å². The second kappa shape index (κ2) is 8.34. The number of allylic oxidation sites excluding steroid dienone is 1. The van der Waals surface area contributed by atoms with Gasteiger partial charge in [0.2, 0.25) is 14.6 Å². The van der Waals surface area contributed by atoms with E-state index in [9.17, 15) is 5.11 Å². The summed E-state index contributed by atoms with van der Waals surface area (Å²) in [6.45, 7) is 21.3. The maximum Gasteiger partial charge on any atom is 0.250 e. The topological polar surface area (TPSA) is 47.9 Å². The molecule has 0 amide bonds. The minimum Gasteiger partial charge on any atom is -0.543 e. The van der Waals surface area contributed by atoms with E-state index in [1.54, 1.807) is 0 Å². The molecular weight excluding hydrogens is 384 g/mol. The van der Waals surface area contributed by atoms with Gasteiger partial charge in [0.15, 0.2) is 0 Å². The highest BCUT2D eigenvalue weighted by Crippen LogP contribution is 2.41. The summed E-state index contributed by atoms with van der Waals surface area (Å²) in [5.41, 5.74) is 2.83. The third-order valence-electron chi connectivity index (χ3n) is 5.81. The van der Waals surface area contributed by atoms with Crippen LogP contribution in [0.4, 0.5) is 0 Å². The van der Waals surface area contributed by atoms with Gasteiger partial charge in [-0.2, -0.15) is 0 Å². The van der Waals surface area contributed by atoms with E-state index >= 15 is 0 Å². The van der Waals surface area contributed by atoms with Gasteiger partial charge >= 0.3 is 0 Å². The number of ether oxygens (including phenoxy) is 2. The van der Waals surface area contributed by atoms with Crippen LogP contribution in [-0.2, 0) is 4.74 Å². The molecule has 158 valence electrons. The smallest absolute Gasteiger partial charge is 0.250 e. The zero-order valence-corrected chi connectivity index (χ0v) is 21.1. The lowest BCUT2D eigenvalue weighted by Crippen LogP contribution is -2.43. The van der Waals surface area contributed by atoms with Gasteiger partial charge < -0.3 is 19.0 Å². The van der Waals surface area contributed by atoms with E-state index in [0.29, 0.717) is 12.4 Å². The molecule has 0 bridgehead atoms. The maximum absolute atomic E-state index is 10.5. The Bertz CT molecular complexity index is 727. The number of aliphatic hydroxyl groups is 1. The average Bonchev–Trinajstić information content (AvgIpc) is 2.51. The first-order valence-electron chi connectivity index (χ1n) is 10.2. The monoisotopic (exact) mass is 422 g/mol. The first-order valence-corrected chi connectivity index (χ1v) is 16.8. The van der Waals surface area contributed by atoms with E-state index in [4.69, 9.17) is 13.9 Å². The normalized spacial score (nSPS) is 18.0. The number of rotatable bonds is 7. The van der Waals surface area contributed by atoms with Crippen molar-refractivity contribution < 1.29 is 19.0 Å². The highest BCUT2D eigenvalue weighted by molar-refractivity contribution is 6.76. The van der Waals surface area contributed by atoms with Crippen molar-refractivity contribution in [2.45, 2.75) is 77.8 Å². The van der Waals surface area contributed by atoms with Crippen molar-refractivity contribution in [2.75, 3.05) is 13.2 Å². The average molecular weight is 423 g/mol. The van der Waals surface area contributed by atoms with Crippen molar-refractivity contribution in [3.8, 4) is 11.5 Å². The number of hydrogen-bond acceptors (Lipinski definition) is 4. The van der Waals surface area contributed by atoms with Crippen LogP contribution in [0.3, 0.4) is 0 Å². The second-order valence-electron chi connectivity index (χ2n) is 10.5. The van der Waals surface area contributed by atoms with Gasteiger partial charge in [-0.1, -0.05) is 40.4 Å². The van der Waals surface area contributed by atoms with Crippen LogP contribution in [0.25, 0.3) is 5.57 Å². The molecule has 0 saturated heterocycles. The Kier molecular flexibility index (Phi) is 6.91. The van der Waals surface area contributed by atoms with Gasteiger partial charge in [-0.15, -0.1) is 0 Å². The van der Waals surface area contributed by atoms with Crippen molar-refractivity contribution in [3.05, 3.63) is 29.3 Å². The molecular formula is C22H38O4Si2. The molecule has 4 nitrogen and oxygen atoms in total. The molecule has 0 radical (unpaired) electrons. The molecule has 1 unspecified atom stereocenters. The lowest BCUT2D eigenvalue weighted by molar-refractivity contribution is -0.00107. The zero-order valence-electron chi connectivity index (χ0n) is 19.1. The molecule has 0 aliphatic carbocycles. The molecule has 0 fully saturated rings. The number of fused-ring (bicyclic) bond motifs is 1. The first kappa shape index (κ1) is 23.2. The predicted octanol–water partition coefficient (Wildman–Crippen LogP) is 5.91. The summed E-state index contributed by atoms with van der Waals surface area (Å²) in [4.78, 5) is 0. The van der Waals surface area contributed by atoms with Crippen LogP contribution in [0.5, 0.6) is 11.5 Å². The van der Waals surface area contributed by atoms with E-state index < -0.39 is 22.7 Å². The molecule has 0 saturated carbocycles. The second-order valence-corrected chi connectivity index (χ2v) is 20.9. The number of aliphatic hydroxyl groups excluding tert-OH is 1. The minimum atomic E-state index is -1.92. The summed E-state index contributed by atoms with van der Waals surface area (Å²) < 4.78 is 18.0. The summed E-state index contributed by atoms with van der Waals surface area (Å²) in [5.74, 6) is 1.48. The van der Waals surface area contributed by atoms with Crippen molar-refractivity contribution in [1.29, 1.82) is 0 Å². The Morgan fingerprint density at radius 1 is 1.11 bits per heavy atom. The van der Waals surface area contributed by atoms with Crippen LogP contribution in [0, 0.1) is 0 Å². The molecule has 2 rings (SSSR count). The van der Waals surface area contributed by atoms with Crippen LogP contribution in [-0.4, -0.2) is 41.0 Å². The van der Waals surface area contributed by atoms with Gasteiger partial charge in [0.05, 0.1) is 6.61 Å². The quantitative estimate of drug-likeness (QED) is 0.438. The molecule has 0 aromatic heterocycles. The largest absolute Gasteiger partial charge is 0.543 e. The standard InChI is InChI=1S/C22H38O4Si2/c1-16-18-11-10-17(26-28(8,9)22(2,3)4)14-20(18)25-21(23)19(16)15-24-12-13-27(5,6)7/h10-11,14,21,23H,12-13,15H2,1-9H3. The van der Waals surface area contributed by atoms with Gasteiger partial charge in [0, 0.05) is 31.9 Å². The molecule has 1 N–H and O–H groups in total. The number of benzene rings is 1. The van der Waals surface area contributed by atoms with Crippen LogP contribution >= 0.6 is 0 Å². The van der Waals surface area contributed by atoms with Crippen LogP contribution < -0.4 is 9.16 Å². The summed E-state index contributed by atoms with van der Waals surface area (Å²) in [5, 5.41) is 10.6. The maximum atomic E-state index is 10.5.